The Kier molecular flexibility index (Phi) is 14.9. The van der Waals surface area contributed by atoms with Crippen LogP contribution >= 0.6 is 22.7 Å². The van der Waals surface area contributed by atoms with Gasteiger partial charge in [-0.15, -0.1) is 10.2 Å². The van der Waals surface area contributed by atoms with Crippen LogP contribution in [0, 0.1) is 0 Å². The minimum Gasteiger partial charge on any atom is -0.494 e. The zero-order valence-electron chi connectivity index (χ0n) is 26.7. The van der Waals surface area contributed by atoms with E-state index >= 15 is 0 Å². The fourth-order valence-electron chi connectivity index (χ4n) is 4.78. The van der Waals surface area contributed by atoms with Gasteiger partial charge in [0.05, 0.1) is 23.6 Å². The van der Waals surface area contributed by atoms with E-state index in [2.05, 4.69) is 34.0 Å². The smallest absolute Gasteiger partial charge is 0.330 e. The van der Waals surface area contributed by atoms with Gasteiger partial charge in [-0.1, -0.05) is 99.7 Å². The minimum atomic E-state index is -0.337. The number of fused-ring (bicyclic) bond motifs is 1. The standard InChI is InChI=1S/C36H44N4O4S2/c1-3-5-15-27-16-18-28(19-17-27)34(42)37-36-38-35-31(45-36)26-32(46-35)40-39-29-20-22-30(23-21-29)43-24-13-11-9-7-6-8-10-12-14-25-44-33(41)4-2/h4,16-23,26H,2-3,5-15,24-25H2,1H3,(H,37,38,42). The molecule has 0 aliphatic rings. The third-order valence-electron chi connectivity index (χ3n) is 7.40. The number of nitrogens with one attached hydrogen (secondary N) is 1. The zero-order chi connectivity index (χ0) is 32.4. The van der Waals surface area contributed by atoms with Crippen molar-refractivity contribution in [2.75, 3.05) is 18.5 Å². The summed E-state index contributed by atoms with van der Waals surface area (Å²) < 4.78 is 11.9. The Labute approximate surface area is 280 Å². The van der Waals surface area contributed by atoms with Gasteiger partial charge in [-0.25, -0.2) is 9.78 Å². The first-order valence-corrected chi connectivity index (χ1v) is 17.9. The molecule has 0 atom stereocenters. The second-order valence-corrected chi connectivity index (χ2v) is 13.2. The lowest BCUT2D eigenvalue weighted by atomic mass is 10.1. The monoisotopic (exact) mass is 660 g/mol. The van der Waals surface area contributed by atoms with Crippen LogP contribution in [-0.2, 0) is 16.0 Å². The van der Waals surface area contributed by atoms with Crippen LogP contribution in [-0.4, -0.2) is 30.1 Å². The number of hydrogen-bond donors (Lipinski definition) is 1. The van der Waals surface area contributed by atoms with Gasteiger partial charge < -0.3 is 9.47 Å². The predicted molar refractivity (Wildman–Crippen MR) is 189 cm³/mol. The van der Waals surface area contributed by atoms with E-state index in [1.807, 2.05) is 54.6 Å². The Balaban J connectivity index is 1.09. The van der Waals surface area contributed by atoms with Crippen molar-refractivity contribution in [3.8, 4) is 5.75 Å². The number of hydrogen-bond acceptors (Lipinski definition) is 9. The number of thiophene rings is 1. The second-order valence-electron chi connectivity index (χ2n) is 11.1. The molecule has 2 aromatic heterocycles. The summed E-state index contributed by atoms with van der Waals surface area (Å²) in [6, 6.07) is 17.4. The lowest BCUT2D eigenvalue weighted by molar-refractivity contribution is -0.137. The summed E-state index contributed by atoms with van der Waals surface area (Å²) in [6.45, 7) is 6.76. The van der Waals surface area contributed by atoms with Crippen molar-refractivity contribution in [3.63, 3.8) is 0 Å². The van der Waals surface area contributed by atoms with Gasteiger partial charge in [-0.05, 0) is 73.7 Å². The van der Waals surface area contributed by atoms with Crippen molar-refractivity contribution in [3.05, 3.63) is 78.4 Å². The summed E-state index contributed by atoms with van der Waals surface area (Å²) in [6.07, 6.45) is 14.9. The van der Waals surface area contributed by atoms with Gasteiger partial charge >= 0.3 is 5.97 Å². The molecule has 0 spiro atoms. The van der Waals surface area contributed by atoms with Gasteiger partial charge in [0.1, 0.15) is 15.6 Å². The topological polar surface area (TPSA) is 102 Å². The fraction of sp³-hybridized carbons (Fsp3) is 0.417. The third-order valence-corrected chi connectivity index (χ3v) is 9.36. The van der Waals surface area contributed by atoms with Crippen LogP contribution in [0.5, 0.6) is 5.75 Å². The van der Waals surface area contributed by atoms with E-state index in [1.165, 1.54) is 66.4 Å². The van der Waals surface area contributed by atoms with Gasteiger partial charge in [0.15, 0.2) is 5.13 Å². The molecular formula is C36H44N4O4S2. The van der Waals surface area contributed by atoms with Crippen molar-refractivity contribution in [2.45, 2.75) is 84.0 Å². The van der Waals surface area contributed by atoms with Crippen molar-refractivity contribution in [1.82, 2.24) is 4.98 Å². The molecule has 10 heteroatoms. The maximum Gasteiger partial charge on any atom is 0.330 e. The van der Waals surface area contributed by atoms with Crippen LogP contribution in [0.3, 0.4) is 0 Å². The summed E-state index contributed by atoms with van der Waals surface area (Å²) in [5.74, 6) is 0.341. The highest BCUT2D eigenvalue weighted by Crippen LogP contribution is 2.38. The van der Waals surface area contributed by atoms with Gasteiger partial charge in [0.25, 0.3) is 5.91 Å². The number of thiazole rings is 1. The van der Waals surface area contributed by atoms with Crippen molar-refractivity contribution in [1.29, 1.82) is 0 Å². The molecule has 0 aliphatic heterocycles. The Bertz CT molecular complexity index is 1510. The lowest BCUT2D eigenvalue weighted by Gasteiger charge is -2.06. The number of unbranched alkanes of at least 4 members (excludes halogenated alkanes) is 9. The van der Waals surface area contributed by atoms with E-state index < -0.39 is 0 Å². The first kappa shape index (κ1) is 35.0. The number of esters is 1. The molecule has 0 fully saturated rings. The highest BCUT2D eigenvalue weighted by molar-refractivity contribution is 7.30. The highest BCUT2D eigenvalue weighted by Gasteiger charge is 2.12. The van der Waals surface area contributed by atoms with Crippen LogP contribution in [0.1, 0.15) is 93.5 Å². The van der Waals surface area contributed by atoms with Crippen LogP contribution in [0.2, 0.25) is 0 Å². The lowest BCUT2D eigenvalue weighted by Crippen LogP contribution is -2.11. The second kappa shape index (κ2) is 19.6. The first-order valence-electron chi connectivity index (χ1n) is 16.3. The van der Waals surface area contributed by atoms with Gasteiger partial charge in [-0.3, -0.25) is 10.1 Å². The number of carbonyl (C=O) groups excluding carboxylic acids is 2. The molecule has 1 amide bonds. The number of azo groups is 1. The molecule has 0 saturated carbocycles. The third kappa shape index (κ3) is 12.1. The van der Waals surface area contributed by atoms with Crippen LogP contribution in [0.25, 0.3) is 9.53 Å². The molecule has 244 valence electrons. The first-order chi connectivity index (χ1) is 22.5. The molecule has 4 rings (SSSR count). The number of nitrogens with zero attached hydrogens (tertiary/aromatic N) is 3. The molecule has 2 aromatic carbocycles. The predicted octanol–water partition coefficient (Wildman–Crippen LogP) is 11.0. The summed E-state index contributed by atoms with van der Waals surface area (Å²) in [7, 11) is 0. The van der Waals surface area contributed by atoms with E-state index in [0.717, 1.165) is 70.9 Å². The summed E-state index contributed by atoms with van der Waals surface area (Å²) >= 11 is 2.88. The largest absolute Gasteiger partial charge is 0.494 e. The average Bonchev–Trinajstić information content (AvgIpc) is 3.63. The van der Waals surface area contributed by atoms with Gasteiger partial charge in [0.2, 0.25) is 0 Å². The number of aryl methyl sites for hydroxylation is 1. The summed E-state index contributed by atoms with van der Waals surface area (Å²) in [5, 5.41) is 13.0. The van der Waals surface area contributed by atoms with E-state index in [9.17, 15) is 9.59 Å². The Morgan fingerprint density at radius 3 is 2.17 bits per heavy atom. The molecule has 8 nitrogen and oxygen atoms in total. The highest BCUT2D eigenvalue weighted by atomic mass is 32.1. The minimum absolute atomic E-state index is 0.155. The summed E-state index contributed by atoms with van der Waals surface area (Å²) in [4.78, 5) is 29.1. The van der Waals surface area contributed by atoms with E-state index in [4.69, 9.17) is 9.47 Å². The Hall–Kier alpha value is -3.89. The van der Waals surface area contributed by atoms with Gasteiger partial charge in [-0.2, -0.15) is 0 Å². The van der Waals surface area contributed by atoms with Gasteiger partial charge in [0, 0.05) is 11.6 Å². The molecule has 0 unspecified atom stereocenters. The van der Waals surface area contributed by atoms with Crippen LogP contribution in [0.4, 0.5) is 15.8 Å². The molecule has 4 aromatic rings. The van der Waals surface area contributed by atoms with Crippen molar-refractivity contribution >= 4 is 59.9 Å². The Morgan fingerprint density at radius 2 is 1.52 bits per heavy atom. The molecule has 1 N–H and O–H groups in total. The van der Waals surface area contributed by atoms with Crippen LogP contribution in [0.15, 0.2) is 77.5 Å². The number of benzene rings is 2. The van der Waals surface area contributed by atoms with E-state index in [0.29, 0.717) is 23.9 Å². The number of rotatable bonds is 21. The summed E-state index contributed by atoms with van der Waals surface area (Å²) in [5.41, 5.74) is 2.63. The molecular weight excluding hydrogens is 617 g/mol. The molecule has 0 bridgehead atoms. The number of carbonyl (C=O) groups is 2. The number of amides is 1. The molecule has 0 saturated heterocycles. The number of aromatic nitrogens is 1. The van der Waals surface area contributed by atoms with Crippen LogP contribution < -0.4 is 10.1 Å². The number of ether oxygens (including phenoxy) is 2. The fourth-order valence-corrected chi connectivity index (χ4v) is 6.71. The van der Waals surface area contributed by atoms with E-state index in [1.54, 1.807) is 0 Å². The molecule has 0 aliphatic carbocycles. The number of anilines is 1. The van der Waals surface area contributed by atoms with Crippen molar-refractivity contribution < 1.29 is 19.1 Å². The van der Waals surface area contributed by atoms with Crippen molar-refractivity contribution in [2.24, 2.45) is 10.2 Å². The Morgan fingerprint density at radius 1 is 0.848 bits per heavy atom. The zero-order valence-corrected chi connectivity index (χ0v) is 28.3. The molecule has 0 radical (unpaired) electrons. The van der Waals surface area contributed by atoms with E-state index in [-0.39, 0.29) is 11.9 Å². The molecule has 46 heavy (non-hydrogen) atoms. The molecule has 2 heterocycles. The normalized spacial score (nSPS) is 11.2. The average molecular weight is 661 g/mol. The maximum absolute atomic E-state index is 12.7. The SMILES string of the molecule is C=CC(=O)OCCCCCCCCCCCOc1ccc(N=Nc2cc3sc(NC(=O)c4ccc(CCCC)cc4)nc3s2)cc1. The quantitative estimate of drug-likeness (QED) is 0.0415. The maximum atomic E-state index is 12.7.